The van der Waals surface area contributed by atoms with Crippen LogP contribution in [0.1, 0.15) is 27.3 Å². The van der Waals surface area contributed by atoms with Crippen LogP contribution in [0, 0.1) is 6.92 Å². The lowest BCUT2D eigenvalue weighted by Gasteiger charge is -2.11. The summed E-state index contributed by atoms with van der Waals surface area (Å²) in [6.07, 6.45) is -2.26. The Balaban J connectivity index is 1.39. The van der Waals surface area contributed by atoms with Gasteiger partial charge in [0.05, 0.1) is 12.8 Å². The lowest BCUT2D eigenvalue weighted by Crippen LogP contribution is -2.26. The summed E-state index contributed by atoms with van der Waals surface area (Å²) in [5.41, 5.74) is 2.51. The number of alkyl halides is 3. The average Bonchev–Trinajstić information content (AvgIpc) is 3.47. The summed E-state index contributed by atoms with van der Waals surface area (Å²) in [5, 5.41) is 7.73. The number of carbonyl (C=O) groups excluding carboxylic acids is 1. The number of aromatic amines is 1. The first-order chi connectivity index (χ1) is 17.2. The number of aryl methyl sites for hydroxylation is 1. The second-order valence-corrected chi connectivity index (χ2v) is 8.42. The molecule has 1 amide bonds. The maximum Gasteiger partial charge on any atom is 0.433 e. The molecule has 7 nitrogen and oxygen atoms in total. The Labute approximate surface area is 203 Å². The zero-order valence-corrected chi connectivity index (χ0v) is 19.5. The molecular formula is C26H22F3N5O2. The number of halogens is 3. The minimum atomic E-state index is -4.70. The summed E-state index contributed by atoms with van der Waals surface area (Å²) in [4.78, 5) is 20.2. The monoisotopic (exact) mass is 493 g/mol. The van der Waals surface area contributed by atoms with E-state index in [1.807, 2.05) is 25.3 Å². The van der Waals surface area contributed by atoms with Crippen molar-refractivity contribution in [3.8, 4) is 17.0 Å². The third-order valence-electron chi connectivity index (χ3n) is 5.94. The van der Waals surface area contributed by atoms with E-state index in [0.29, 0.717) is 28.8 Å². The second kappa shape index (κ2) is 9.03. The first kappa shape index (κ1) is 23.4. The topological polar surface area (TPSA) is 84.3 Å². The number of carbonyl (C=O) groups is 1. The molecule has 184 valence electrons. The molecule has 3 aromatic heterocycles. The van der Waals surface area contributed by atoms with Gasteiger partial charge in [-0.2, -0.15) is 18.3 Å². The van der Waals surface area contributed by atoms with Gasteiger partial charge in [-0.05, 0) is 61.4 Å². The molecule has 5 aromatic rings. The van der Waals surface area contributed by atoms with Gasteiger partial charge in [-0.1, -0.05) is 11.6 Å². The summed E-state index contributed by atoms with van der Waals surface area (Å²) in [6, 6.07) is 14.8. The minimum Gasteiger partial charge on any atom is -0.497 e. The summed E-state index contributed by atoms with van der Waals surface area (Å²) < 4.78 is 47.3. The molecule has 36 heavy (non-hydrogen) atoms. The van der Waals surface area contributed by atoms with Crippen LogP contribution in [-0.2, 0) is 12.6 Å². The lowest BCUT2D eigenvalue weighted by molar-refractivity contribution is -0.142. The zero-order chi connectivity index (χ0) is 25.4. The molecule has 0 bridgehead atoms. The molecule has 0 radical (unpaired) electrons. The van der Waals surface area contributed by atoms with Crippen LogP contribution in [0.15, 0.2) is 60.8 Å². The number of H-pyrrole nitrogens is 1. The largest absolute Gasteiger partial charge is 0.497 e. The number of rotatable bonds is 6. The van der Waals surface area contributed by atoms with Crippen LogP contribution in [0.5, 0.6) is 5.75 Å². The summed E-state index contributed by atoms with van der Waals surface area (Å²) >= 11 is 0. The Bertz CT molecular complexity index is 1570. The van der Waals surface area contributed by atoms with Gasteiger partial charge in [0.1, 0.15) is 5.75 Å². The van der Waals surface area contributed by atoms with Crippen molar-refractivity contribution >= 4 is 22.5 Å². The number of hydrogen-bond acceptors (Lipinski definition) is 4. The smallest absolute Gasteiger partial charge is 0.433 e. The van der Waals surface area contributed by atoms with Crippen molar-refractivity contribution in [1.82, 2.24) is 24.9 Å². The predicted octanol–water partition coefficient (Wildman–Crippen LogP) is 5.19. The Morgan fingerprint density at radius 3 is 2.61 bits per heavy atom. The van der Waals surface area contributed by atoms with Gasteiger partial charge in [-0.15, -0.1) is 0 Å². The number of amides is 1. The number of nitrogens with zero attached hydrogens (tertiary/aromatic N) is 3. The van der Waals surface area contributed by atoms with E-state index in [2.05, 4.69) is 26.4 Å². The fourth-order valence-corrected chi connectivity index (χ4v) is 4.10. The molecular weight excluding hydrogens is 471 g/mol. The standard InChI is InChI=1S/C26H22F3N5O2/c1-15-3-8-20-19(11-15)17(14-31-20)9-10-30-25(35)22-13-24-32-21(16-4-6-18(36-2)7-5-16)12-23(26(27,28)29)34(24)33-22/h3-8,11-14,31H,9-10H2,1-2H3,(H,30,35). The van der Waals surface area contributed by atoms with Crippen LogP contribution in [0.25, 0.3) is 27.8 Å². The molecule has 0 aliphatic carbocycles. The number of aromatic nitrogens is 4. The summed E-state index contributed by atoms with van der Waals surface area (Å²) in [6.45, 7) is 2.30. The third-order valence-corrected chi connectivity index (χ3v) is 5.94. The normalized spacial score (nSPS) is 11.8. The lowest BCUT2D eigenvalue weighted by atomic mass is 10.1. The van der Waals surface area contributed by atoms with Crippen molar-refractivity contribution in [1.29, 1.82) is 0 Å². The van der Waals surface area contributed by atoms with Crippen molar-refractivity contribution < 1.29 is 22.7 Å². The fraction of sp³-hybridized carbons (Fsp3) is 0.192. The Hall–Kier alpha value is -4.34. The van der Waals surface area contributed by atoms with E-state index in [4.69, 9.17) is 4.74 Å². The minimum absolute atomic E-state index is 0.0760. The van der Waals surface area contributed by atoms with E-state index in [9.17, 15) is 18.0 Å². The van der Waals surface area contributed by atoms with Crippen molar-refractivity contribution in [3.63, 3.8) is 0 Å². The molecule has 3 heterocycles. The third kappa shape index (κ3) is 4.49. The van der Waals surface area contributed by atoms with Gasteiger partial charge in [0.25, 0.3) is 5.91 Å². The molecule has 0 spiro atoms. The number of methoxy groups -OCH3 is 1. The van der Waals surface area contributed by atoms with Crippen LogP contribution < -0.4 is 10.1 Å². The van der Waals surface area contributed by atoms with E-state index in [0.717, 1.165) is 28.1 Å². The van der Waals surface area contributed by atoms with Crippen LogP contribution in [-0.4, -0.2) is 39.1 Å². The Morgan fingerprint density at radius 1 is 1.11 bits per heavy atom. The molecule has 0 aliphatic heterocycles. The fourth-order valence-electron chi connectivity index (χ4n) is 4.10. The Morgan fingerprint density at radius 2 is 1.89 bits per heavy atom. The van der Waals surface area contributed by atoms with E-state index in [-0.39, 0.29) is 17.0 Å². The van der Waals surface area contributed by atoms with Crippen LogP contribution in [0.3, 0.4) is 0 Å². The Kier molecular flexibility index (Phi) is 5.87. The molecule has 0 unspecified atom stereocenters. The van der Waals surface area contributed by atoms with Gasteiger partial charge in [0.15, 0.2) is 17.0 Å². The molecule has 10 heteroatoms. The van der Waals surface area contributed by atoms with Crippen LogP contribution in [0.2, 0.25) is 0 Å². The predicted molar refractivity (Wildman–Crippen MR) is 129 cm³/mol. The van der Waals surface area contributed by atoms with Gasteiger partial charge in [0.2, 0.25) is 0 Å². The van der Waals surface area contributed by atoms with E-state index >= 15 is 0 Å². The van der Waals surface area contributed by atoms with Gasteiger partial charge in [-0.3, -0.25) is 4.79 Å². The maximum atomic E-state index is 13.8. The molecule has 0 saturated carbocycles. The van der Waals surface area contributed by atoms with Crippen molar-refractivity contribution in [3.05, 3.63) is 83.3 Å². The van der Waals surface area contributed by atoms with Crippen molar-refractivity contribution in [2.75, 3.05) is 13.7 Å². The van der Waals surface area contributed by atoms with E-state index < -0.39 is 17.8 Å². The van der Waals surface area contributed by atoms with Gasteiger partial charge >= 0.3 is 6.18 Å². The molecule has 0 aliphatic rings. The first-order valence-corrected chi connectivity index (χ1v) is 11.2. The highest BCUT2D eigenvalue weighted by Crippen LogP contribution is 2.32. The van der Waals surface area contributed by atoms with E-state index in [1.165, 1.54) is 13.2 Å². The van der Waals surface area contributed by atoms with Crippen LogP contribution >= 0.6 is 0 Å². The van der Waals surface area contributed by atoms with Gasteiger partial charge in [-0.25, -0.2) is 9.50 Å². The highest BCUT2D eigenvalue weighted by Gasteiger charge is 2.35. The first-order valence-electron chi connectivity index (χ1n) is 11.2. The number of fused-ring (bicyclic) bond motifs is 2. The van der Waals surface area contributed by atoms with E-state index in [1.54, 1.807) is 24.3 Å². The molecule has 0 atom stereocenters. The molecule has 5 rings (SSSR count). The van der Waals surface area contributed by atoms with Crippen molar-refractivity contribution in [2.24, 2.45) is 0 Å². The molecule has 0 fully saturated rings. The number of hydrogen-bond donors (Lipinski definition) is 2. The average molecular weight is 493 g/mol. The van der Waals surface area contributed by atoms with Crippen LogP contribution in [0.4, 0.5) is 13.2 Å². The molecule has 2 N–H and O–H groups in total. The number of nitrogens with one attached hydrogen (secondary N) is 2. The molecule has 2 aromatic carbocycles. The SMILES string of the molecule is COc1ccc(-c2cc(C(F)(F)F)n3nc(C(=O)NCCc4c[nH]c5ccc(C)cc45)cc3n2)cc1. The molecule has 0 saturated heterocycles. The quantitative estimate of drug-likeness (QED) is 0.341. The highest BCUT2D eigenvalue weighted by molar-refractivity contribution is 5.93. The zero-order valence-electron chi connectivity index (χ0n) is 19.5. The van der Waals surface area contributed by atoms with Gasteiger partial charge < -0.3 is 15.0 Å². The maximum absolute atomic E-state index is 13.8. The number of ether oxygens (including phenoxy) is 1. The van der Waals surface area contributed by atoms with Gasteiger partial charge in [0, 0.05) is 35.3 Å². The second-order valence-electron chi connectivity index (χ2n) is 8.42. The summed E-state index contributed by atoms with van der Waals surface area (Å²) in [5.74, 6) is -0.00222. The van der Waals surface area contributed by atoms with Crippen molar-refractivity contribution in [2.45, 2.75) is 19.5 Å². The highest BCUT2D eigenvalue weighted by atomic mass is 19.4. The number of benzene rings is 2. The summed E-state index contributed by atoms with van der Waals surface area (Å²) in [7, 11) is 1.50.